The highest BCUT2D eigenvalue weighted by molar-refractivity contribution is 6.08. The zero-order valence-corrected chi connectivity index (χ0v) is 19.7. The number of hydrogen-bond donors (Lipinski definition) is 3. The minimum Gasteiger partial charge on any atom is -0.376 e. The smallest absolute Gasteiger partial charge is 0.376 e. The normalized spacial score (nSPS) is 20.4. The van der Waals surface area contributed by atoms with Crippen LogP contribution in [0.1, 0.15) is 33.4 Å². The molecule has 0 saturated heterocycles. The molecule has 2 aromatic carbocycles. The van der Waals surface area contributed by atoms with Gasteiger partial charge in [0.1, 0.15) is 5.60 Å². The zero-order chi connectivity index (χ0) is 31.5. The van der Waals surface area contributed by atoms with Crippen LogP contribution in [-0.4, -0.2) is 16.9 Å². The number of rotatable bonds is 4. The summed E-state index contributed by atoms with van der Waals surface area (Å²) in [7, 11) is 0. The number of alkyl halides is 12. The van der Waals surface area contributed by atoms with Gasteiger partial charge in [-0.2, -0.15) is 52.7 Å². The highest BCUT2D eigenvalue weighted by Crippen LogP contribution is 2.48. The second kappa shape index (κ2) is 9.81. The van der Waals surface area contributed by atoms with Gasteiger partial charge >= 0.3 is 24.7 Å². The van der Waals surface area contributed by atoms with Crippen molar-refractivity contribution in [3.05, 3.63) is 87.5 Å². The number of aliphatic hydroxyl groups is 1. The largest absolute Gasteiger partial charge is 0.416 e. The van der Waals surface area contributed by atoms with E-state index in [0.717, 1.165) is 0 Å². The van der Waals surface area contributed by atoms with Crippen LogP contribution in [0.2, 0.25) is 0 Å². The Balaban J connectivity index is 2.53. The van der Waals surface area contributed by atoms with Crippen LogP contribution in [0.3, 0.4) is 0 Å². The zero-order valence-electron chi connectivity index (χ0n) is 19.7. The first-order valence-electron chi connectivity index (χ1n) is 10.7. The molecular weight excluding hydrogens is 592 g/mol. The van der Waals surface area contributed by atoms with Gasteiger partial charge in [-0.3, -0.25) is 9.59 Å². The number of amides is 2. The molecule has 1 aliphatic carbocycles. The van der Waals surface area contributed by atoms with Crippen LogP contribution >= 0.6 is 0 Å². The molecule has 41 heavy (non-hydrogen) atoms. The molecule has 0 heterocycles. The lowest BCUT2D eigenvalue weighted by atomic mass is 9.72. The molecule has 0 aliphatic heterocycles. The number of carbonyl (C=O) groups is 2. The minimum atomic E-state index is -5.47. The monoisotopic (exact) mass is 606 g/mol. The van der Waals surface area contributed by atoms with E-state index in [1.54, 1.807) is 0 Å². The molecule has 0 saturated carbocycles. The first-order valence-corrected chi connectivity index (χ1v) is 10.7. The van der Waals surface area contributed by atoms with Crippen LogP contribution in [-0.2, 0) is 39.9 Å². The molecule has 5 nitrogen and oxygen atoms in total. The Hall–Kier alpha value is -4.02. The molecule has 222 valence electrons. The van der Waals surface area contributed by atoms with E-state index >= 15 is 0 Å². The van der Waals surface area contributed by atoms with Gasteiger partial charge in [0.2, 0.25) is 11.8 Å². The summed E-state index contributed by atoms with van der Waals surface area (Å²) >= 11 is 0. The summed E-state index contributed by atoms with van der Waals surface area (Å²) in [5.41, 5.74) is -6.23. The fourth-order valence-corrected chi connectivity index (χ4v) is 4.18. The first kappa shape index (κ1) is 31.5. The molecule has 0 spiro atoms. The Morgan fingerprint density at radius 1 is 0.659 bits per heavy atom. The second-order valence-corrected chi connectivity index (χ2v) is 8.75. The van der Waals surface area contributed by atoms with Crippen LogP contribution in [0.5, 0.6) is 0 Å². The molecule has 0 radical (unpaired) electrons. The van der Waals surface area contributed by atoms with Gasteiger partial charge in [0.15, 0.2) is 0 Å². The van der Waals surface area contributed by atoms with Crippen LogP contribution in [0.15, 0.2) is 54.1 Å². The van der Waals surface area contributed by atoms with Crippen LogP contribution in [0.4, 0.5) is 52.7 Å². The van der Waals surface area contributed by atoms with E-state index in [9.17, 15) is 67.4 Å². The molecule has 0 aromatic heterocycles. The highest BCUT2D eigenvalue weighted by Gasteiger charge is 2.47. The number of benzene rings is 2. The van der Waals surface area contributed by atoms with Crippen LogP contribution in [0, 0.1) is 5.92 Å². The Kier molecular flexibility index (Phi) is 7.54. The number of carbonyl (C=O) groups excluding carboxylic acids is 2. The minimum absolute atomic E-state index is 0.0102. The summed E-state index contributed by atoms with van der Waals surface area (Å²) < 4.78 is 162. The second-order valence-electron chi connectivity index (χ2n) is 8.75. The molecule has 2 amide bonds. The molecule has 0 fully saturated rings. The maximum Gasteiger partial charge on any atom is 0.416 e. The van der Waals surface area contributed by atoms with Gasteiger partial charge < -0.3 is 16.6 Å². The standard InChI is InChI=1S/C24H14F12N2O3/c25-21(26,27)11-3-9(4-12(7-11)22(28,29)30)16-15(18(37)39)1-2-20(41,17(16)19(38)40)10-5-13(23(31,32)33)8-14(6-10)24(34,35)36/h1-8,15,41H,(H2,37,39)(H2,38,40). The van der Waals surface area contributed by atoms with Gasteiger partial charge in [0.05, 0.1) is 33.7 Å². The molecule has 2 aromatic rings. The Morgan fingerprint density at radius 2 is 1.02 bits per heavy atom. The van der Waals surface area contributed by atoms with Crippen molar-refractivity contribution in [2.24, 2.45) is 17.4 Å². The number of primary amides is 2. The number of hydrogen-bond acceptors (Lipinski definition) is 3. The summed E-state index contributed by atoms with van der Waals surface area (Å²) in [5.74, 6) is -5.58. The lowest BCUT2D eigenvalue weighted by molar-refractivity contribution is -0.144. The van der Waals surface area contributed by atoms with Crippen molar-refractivity contribution < 1.29 is 67.4 Å². The third kappa shape index (κ3) is 6.18. The maximum atomic E-state index is 13.5. The predicted molar refractivity (Wildman–Crippen MR) is 115 cm³/mol. The lowest BCUT2D eigenvalue weighted by Gasteiger charge is -2.35. The Labute approximate surface area is 220 Å². The Morgan fingerprint density at radius 3 is 1.34 bits per heavy atom. The predicted octanol–water partition coefficient (Wildman–Crippen LogP) is 5.56. The Bertz CT molecular complexity index is 1400. The van der Waals surface area contributed by atoms with Gasteiger partial charge in [0.25, 0.3) is 0 Å². The van der Waals surface area contributed by atoms with Crippen molar-refractivity contribution in [1.29, 1.82) is 0 Å². The highest BCUT2D eigenvalue weighted by atomic mass is 19.4. The van der Waals surface area contributed by atoms with Crippen molar-refractivity contribution in [3.63, 3.8) is 0 Å². The lowest BCUT2D eigenvalue weighted by Crippen LogP contribution is -2.40. The molecule has 3 rings (SSSR count). The molecule has 2 unspecified atom stereocenters. The summed E-state index contributed by atoms with van der Waals surface area (Å²) in [6, 6.07) is -0.744. The molecule has 0 bridgehead atoms. The molecule has 17 heteroatoms. The molecule has 1 aliphatic rings. The van der Waals surface area contributed by atoms with Crippen LogP contribution < -0.4 is 11.5 Å². The fraction of sp³-hybridized carbons (Fsp3) is 0.250. The van der Waals surface area contributed by atoms with Crippen molar-refractivity contribution >= 4 is 17.4 Å². The van der Waals surface area contributed by atoms with E-state index in [1.807, 2.05) is 0 Å². The van der Waals surface area contributed by atoms with Gasteiger partial charge in [-0.1, -0.05) is 6.08 Å². The topological polar surface area (TPSA) is 106 Å². The van der Waals surface area contributed by atoms with E-state index in [2.05, 4.69) is 0 Å². The van der Waals surface area contributed by atoms with Gasteiger partial charge in [-0.05, 0) is 59.2 Å². The van der Waals surface area contributed by atoms with E-state index in [4.69, 9.17) is 11.5 Å². The van der Waals surface area contributed by atoms with Crippen molar-refractivity contribution in [3.8, 4) is 0 Å². The summed E-state index contributed by atoms with van der Waals surface area (Å²) in [4.78, 5) is 24.7. The van der Waals surface area contributed by atoms with E-state index in [0.29, 0.717) is 12.2 Å². The van der Waals surface area contributed by atoms with Gasteiger partial charge in [-0.15, -0.1) is 0 Å². The summed E-state index contributed by atoms with van der Waals surface area (Å²) in [6.45, 7) is 0. The molecule has 5 N–H and O–H groups in total. The fourth-order valence-electron chi connectivity index (χ4n) is 4.18. The van der Waals surface area contributed by atoms with E-state index in [-0.39, 0.29) is 36.4 Å². The van der Waals surface area contributed by atoms with E-state index in [1.165, 1.54) is 0 Å². The van der Waals surface area contributed by atoms with Crippen LogP contribution in [0.25, 0.3) is 5.57 Å². The summed E-state index contributed by atoms with van der Waals surface area (Å²) in [6.07, 6.45) is -21.0. The molecule has 2 atom stereocenters. The van der Waals surface area contributed by atoms with Gasteiger partial charge in [0, 0.05) is 0 Å². The quantitative estimate of drug-likeness (QED) is 0.314. The SMILES string of the molecule is NC(=O)C1=C(c2cc(C(F)(F)F)cc(C(F)(F)F)c2)C(C(N)=O)C=CC1(O)c1cc(C(F)(F)F)cc(C(F)(F)F)c1. The summed E-state index contributed by atoms with van der Waals surface area (Å²) in [5, 5.41) is 11.4. The first-order chi connectivity index (χ1) is 18.4. The third-order valence-electron chi connectivity index (χ3n) is 5.97. The third-order valence-corrected chi connectivity index (χ3v) is 5.97. The van der Waals surface area contributed by atoms with Gasteiger partial charge in [-0.25, -0.2) is 0 Å². The van der Waals surface area contributed by atoms with Crippen molar-refractivity contribution in [2.75, 3.05) is 0 Å². The number of nitrogens with two attached hydrogens (primary N) is 2. The molecular formula is C24H14F12N2O3. The van der Waals surface area contributed by atoms with E-state index < -0.39 is 92.6 Å². The van der Waals surface area contributed by atoms with Crippen molar-refractivity contribution in [1.82, 2.24) is 0 Å². The number of halogens is 12. The average Bonchev–Trinajstić information content (AvgIpc) is 2.80. The average molecular weight is 606 g/mol. The maximum absolute atomic E-state index is 13.5. The van der Waals surface area contributed by atoms with Crippen molar-refractivity contribution in [2.45, 2.75) is 30.3 Å².